The molecule has 1 fully saturated rings. The average Bonchev–Trinajstić information content (AvgIpc) is 2.73. The molecule has 1 aliphatic heterocycles. The van der Waals surface area contributed by atoms with Crippen LogP contribution >= 0.6 is 28.1 Å². The van der Waals surface area contributed by atoms with Crippen molar-refractivity contribution in [3.8, 4) is 11.5 Å². The lowest BCUT2D eigenvalue weighted by Gasteiger charge is -2.29. The third-order valence-electron chi connectivity index (χ3n) is 4.40. The van der Waals surface area contributed by atoms with Crippen LogP contribution in [-0.2, 0) is 14.4 Å². The molecule has 10 heteroatoms. The van der Waals surface area contributed by atoms with E-state index in [9.17, 15) is 14.4 Å². The smallest absolute Gasteiger partial charge is 0.344 e. The Kier molecular flexibility index (Phi) is 7.26. The van der Waals surface area contributed by atoms with Gasteiger partial charge in [0.25, 0.3) is 11.8 Å². The Balaban J connectivity index is 1.97. The number of ether oxygens (including phenoxy) is 2. The van der Waals surface area contributed by atoms with E-state index in [0.29, 0.717) is 17.9 Å². The summed E-state index contributed by atoms with van der Waals surface area (Å²) in [4.78, 5) is 38.0. The molecule has 3 rings (SSSR count). The summed E-state index contributed by atoms with van der Waals surface area (Å²) in [5.41, 5.74) is 0.875. The summed E-state index contributed by atoms with van der Waals surface area (Å²) in [6.07, 6.45) is 0.334. The lowest BCUT2D eigenvalue weighted by molar-refractivity contribution is -0.144. The number of carboxylic acid groups (broad SMARTS) is 1. The van der Waals surface area contributed by atoms with Crippen LogP contribution in [0.5, 0.6) is 11.5 Å². The van der Waals surface area contributed by atoms with Crippen molar-refractivity contribution in [1.82, 2.24) is 5.32 Å². The topological polar surface area (TPSA) is 105 Å². The number of nitrogens with one attached hydrogen (secondary N) is 1. The van der Waals surface area contributed by atoms with Crippen molar-refractivity contribution in [2.24, 2.45) is 0 Å². The molecule has 0 saturated carbocycles. The van der Waals surface area contributed by atoms with Crippen LogP contribution in [0.1, 0.15) is 19.4 Å². The minimum atomic E-state index is -1.12. The Morgan fingerprint density at radius 3 is 2.66 bits per heavy atom. The molecule has 1 saturated heterocycles. The van der Waals surface area contributed by atoms with Gasteiger partial charge in [-0.05, 0) is 68.0 Å². The van der Waals surface area contributed by atoms with Crippen LogP contribution < -0.4 is 19.7 Å². The van der Waals surface area contributed by atoms with Crippen molar-refractivity contribution in [2.45, 2.75) is 20.0 Å². The van der Waals surface area contributed by atoms with Gasteiger partial charge in [-0.3, -0.25) is 19.8 Å². The predicted molar refractivity (Wildman–Crippen MR) is 126 cm³/mol. The van der Waals surface area contributed by atoms with Gasteiger partial charge in [0, 0.05) is 4.47 Å². The van der Waals surface area contributed by atoms with Crippen LogP contribution in [0.15, 0.2) is 52.5 Å². The summed E-state index contributed by atoms with van der Waals surface area (Å²) in [5, 5.41) is 11.6. The molecule has 1 heterocycles. The van der Waals surface area contributed by atoms with Gasteiger partial charge >= 0.3 is 5.97 Å². The van der Waals surface area contributed by atoms with Crippen molar-refractivity contribution < 1.29 is 29.0 Å². The van der Waals surface area contributed by atoms with Crippen LogP contribution in [0.3, 0.4) is 0 Å². The number of hydrogen-bond acceptors (Lipinski definition) is 6. The van der Waals surface area contributed by atoms with E-state index in [1.54, 1.807) is 43.3 Å². The number of carboxylic acids is 1. The minimum Gasteiger partial charge on any atom is -0.490 e. The standard InChI is InChI=1S/C22H19BrN2O6S/c1-3-30-18-10-13(7-8-17(18)31-12(2)21(28)29)9-16-19(26)24-22(32)25(20(16)27)15-6-4-5-14(23)11-15/h4-12H,3H2,1-2H3,(H,28,29)(H,24,26,32)/b16-9+/t12-/m1/s1. The summed E-state index contributed by atoms with van der Waals surface area (Å²) < 4.78 is 11.7. The summed E-state index contributed by atoms with van der Waals surface area (Å²) >= 11 is 8.56. The first-order valence-electron chi connectivity index (χ1n) is 9.54. The van der Waals surface area contributed by atoms with E-state index in [4.69, 9.17) is 26.8 Å². The number of carbonyl (C=O) groups is 3. The first-order valence-corrected chi connectivity index (χ1v) is 10.7. The van der Waals surface area contributed by atoms with E-state index >= 15 is 0 Å². The molecule has 0 bridgehead atoms. The fourth-order valence-corrected chi connectivity index (χ4v) is 3.56. The number of halogens is 1. The number of amides is 2. The van der Waals surface area contributed by atoms with Gasteiger partial charge in [-0.25, -0.2) is 4.79 Å². The highest BCUT2D eigenvalue weighted by molar-refractivity contribution is 9.10. The Morgan fingerprint density at radius 2 is 2.00 bits per heavy atom. The number of nitrogens with zero attached hydrogens (tertiary/aromatic N) is 1. The van der Waals surface area contributed by atoms with Gasteiger partial charge in [0.1, 0.15) is 5.57 Å². The molecule has 32 heavy (non-hydrogen) atoms. The Hall–Kier alpha value is -3.24. The number of rotatable bonds is 7. The maximum atomic E-state index is 13.1. The van der Waals surface area contributed by atoms with Gasteiger partial charge in [0.05, 0.1) is 12.3 Å². The van der Waals surface area contributed by atoms with Crippen LogP contribution in [0, 0.1) is 0 Å². The van der Waals surface area contributed by atoms with Crippen molar-refractivity contribution in [1.29, 1.82) is 0 Å². The number of benzene rings is 2. The normalized spacial score (nSPS) is 16.0. The average molecular weight is 519 g/mol. The molecule has 2 aromatic carbocycles. The monoisotopic (exact) mass is 518 g/mol. The molecule has 0 radical (unpaired) electrons. The fraction of sp³-hybridized carbons (Fsp3) is 0.182. The molecule has 2 aromatic rings. The van der Waals surface area contributed by atoms with E-state index < -0.39 is 23.9 Å². The second-order valence-corrected chi connectivity index (χ2v) is 7.98. The summed E-state index contributed by atoms with van der Waals surface area (Å²) in [5.74, 6) is -1.79. The Bertz CT molecular complexity index is 1130. The second kappa shape index (κ2) is 9.92. The first kappa shape index (κ1) is 23.4. The number of hydrogen-bond donors (Lipinski definition) is 2. The van der Waals surface area contributed by atoms with Gasteiger partial charge in [0.2, 0.25) is 0 Å². The molecule has 1 atom stereocenters. The zero-order valence-electron chi connectivity index (χ0n) is 17.1. The Labute approximate surface area is 197 Å². The molecular formula is C22H19BrN2O6S. The van der Waals surface area contributed by atoms with Crippen molar-refractivity contribution in [2.75, 3.05) is 11.5 Å². The zero-order chi connectivity index (χ0) is 23.4. The molecular weight excluding hydrogens is 500 g/mol. The van der Waals surface area contributed by atoms with E-state index in [0.717, 1.165) is 4.47 Å². The summed E-state index contributed by atoms with van der Waals surface area (Å²) in [6.45, 7) is 3.48. The van der Waals surface area contributed by atoms with E-state index in [-0.39, 0.29) is 22.2 Å². The summed E-state index contributed by atoms with van der Waals surface area (Å²) in [7, 11) is 0. The maximum absolute atomic E-state index is 13.1. The largest absolute Gasteiger partial charge is 0.490 e. The third kappa shape index (κ3) is 5.14. The minimum absolute atomic E-state index is 0.0170. The van der Waals surface area contributed by atoms with Gasteiger partial charge < -0.3 is 14.6 Å². The van der Waals surface area contributed by atoms with Gasteiger partial charge in [-0.1, -0.05) is 28.1 Å². The van der Waals surface area contributed by atoms with Crippen LogP contribution in [0.4, 0.5) is 5.69 Å². The SMILES string of the molecule is CCOc1cc(/C=C2\C(=O)NC(=S)N(c3cccc(Br)c3)C2=O)ccc1O[C@H](C)C(=O)O. The van der Waals surface area contributed by atoms with E-state index in [1.807, 2.05) is 0 Å². The van der Waals surface area contributed by atoms with Crippen molar-refractivity contribution in [3.05, 3.63) is 58.1 Å². The molecule has 2 amide bonds. The first-order chi connectivity index (χ1) is 15.2. The van der Waals surface area contributed by atoms with Crippen LogP contribution in [0.2, 0.25) is 0 Å². The lowest BCUT2D eigenvalue weighted by Crippen LogP contribution is -2.54. The molecule has 2 N–H and O–H groups in total. The van der Waals surface area contributed by atoms with Crippen molar-refractivity contribution in [3.63, 3.8) is 0 Å². The molecule has 166 valence electrons. The molecule has 1 aliphatic rings. The van der Waals surface area contributed by atoms with Crippen molar-refractivity contribution >= 4 is 62.8 Å². The van der Waals surface area contributed by atoms with E-state index in [2.05, 4.69) is 21.2 Å². The molecule has 0 spiro atoms. The number of carbonyl (C=O) groups excluding carboxylic acids is 2. The van der Waals surface area contributed by atoms with Crippen LogP contribution in [-0.4, -0.2) is 40.7 Å². The van der Waals surface area contributed by atoms with Crippen LogP contribution in [0.25, 0.3) is 6.08 Å². The van der Waals surface area contributed by atoms with E-state index in [1.165, 1.54) is 24.0 Å². The molecule has 8 nitrogen and oxygen atoms in total. The van der Waals surface area contributed by atoms with Gasteiger partial charge in [0.15, 0.2) is 22.7 Å². The predicted octanol–water partition coefficient (Wildman–Crippen LogP) is 3.53. The summed E-state index contributed by atoms with van der Waals surface area (Å²) in [6, 6.07) is 11.7. The fourth-order valence-electron chi connectivity index (χ4n) is 2.89. The molecule has 0 aromatic heterocycles. The number of aliphatic carboxylic acids is 1. The van der Waals surface area contributed by atoms with Gasteiger partial charge in [-0.2, -0.15) is 0 Å². The maximum Gasteiger partial charge on any atom is 0.344 e. The Morgan fingerprint density at radius 1 is 1.25 bits per heavy atom. The second-order valence-electron chi connectivity index (χ2n) is 6.68. The number of anilines is 1. The highest BCUT2D eigenvalue weighted by atomic mass is 79.9. The van der Waals surface area contributed by atoms with Gasteiger partial charge in [-0.15, -0.1) is 0 Å². The molecule has 0 aliphatic carbocycles. The highest BCUT2D eigenvalue weighted by Crippen LogP contribution is 2.31. The highest BCUT2D eigenvalue weighted by Gasteiger charge is 2.34. The quantitative estimate of drug-likeness (QED) is 0.328. The lowest BCUT2D eigenvalue weighted by atomic mass is 10.1. The third-order valence-corrected chi connectivity index (χ3v) is 5.18. The number of thiocarbonyl (C=S) groups is 1. The zero-order valence-corrected chi connectivity index (χ0v) is 19.5. The molecule has 0 unspecified atom stereocenters.